The summed E-state index contributed by atoms with van der Waals surface area (Å²) < 4.78 is 10.9. The fraction of sp³-hybridized carbons (Fsp3) is 0.556. The summed E-state index contributed by atoms with van der Waals surface area (Å²) in [6, 6.07) is 6.77. The molecule has 1 aliphatic rings. The van der Waals surface area contributed by atoms with E-state index in [2.05, 4.69) is 0 Å². The number of benzene rings is 1. The molecule has 0 amide bonds. The number of ketones is 1. The topological polar surface area (TPSA) is 52.6 Å². The third-order valence-electron chi connectivity index (χ3n) is 3.97. The molecule has 0 atom stereocenters. The van der Waals surface area contributed by atoms with Crippen LogP contribution in [-0.4, -0.2) is 24.5 Å². The van der Waals surface area contributed by atoms with Crippen LogP contribution < -0.4 is 4.74 Å². The van der Waals surface area contributed by atoms with Gasteiger partial charge in [0.05, 0.1) is 0 Å². The second-order valence-corrected chi connectivity index (χ2v) is 5.83. The van der Waals surface area contributed by atoms with Gasteiger partial charge in [0.2, 0.25) is 0 Å². The van der Waals surface area contributed by atoms with Gasteiger partial charge in [0.1, 0.15) is 11.9 Å². The van der Waals surface area contributed by atoms with E-state index < -0.39 is 0 Å². The number of carbonyl (C=O) groups is 2. The fourth-order valence-corrected chi connectivity index (χ4v) is 2.68. The van der Waals surface area contributed by atoms with Crippen LogP contribution in [0.2, 0.25) is 0 Å². The van der Waals surface area contributed by atoms with Crippen molar-refractivity contribution in [1.29, 1.82) is 0 Å². The zero-order valence-corrected chi connectivity index (χ0v) is 13.2. The Bertz CT molecular complexity index is 484. The van der Waals surface area contributed by atoms with Crippen molar-refractivity contribution >= 4 is 11.8 Å². The normalized spacial score (nSPS) is 16.4. The molecule has 0 radical (unpaired) electrons. The summed E-state index contributed by atoms with van der Waals surface area (Å²) in [5.41, 5.74) is 0.629. The maximum Gasteiger partial charge on any atom is 0.344 e. The van der Waals surface area contributed by atoms with Gasteiger partial charge in [-0.05, 0) is 56.9 Å². The molecule has 1 fully saturated rings. The molecule has 120 valence electrons. The first-order chi connectivity index (χ1) is 10.6. The first kappa shape index (κ1) is 16.5. The lowest BCUT2D eigenvalue weighted by Crippen LogP contribution is -2.23. The minimum absolute atomic E-state index is 0.00948. The average molecular weight is 304 g/mol. The quantitative estimate of drug-likeness (QED) is 0.611. The van der Waals surface area contributed by atoms with Gasteiger partial charge in [0, 0.05) is 5.56 Å². The van der Waals surface area contributed by atoms with Crippen molar-refractivity contribution in [3.05, 3.63) is 29.8 Å². The maximum atomic E-state index is 11.9. The van der Waals surface area contributed by atoms with E-state index in [1.807, 2.05) is 0 Å². The number of hydrogen-bond donors (Lipinski definition) is 0. The second-order valence-electron chi connectivity index (χ2n) is 5.83. The monoisotopic (exact) mass is 304 g/mol. The Kier molecular flexibility index (Phi) is 6.44. The first-order valence-electron chi connectivity index (χ1n) is 8.08. The van der Waals surface area contributed by atoms with E-state index in [0.717, 1.165) is 25.7 Å². The molecule has 1 aromatic carbocycles. The first-order valence-corrected chi connectivity index (χ1v) is 8.08. The van der Waals surface area contributed by atoms with Crippen molar-refractivity contribution in [2.45, 2.75) is 58.0 Å². The van der Waals surface area contributed by atoms with Gasteiger partial charge < -0.3 is 9.47 Å². The minimum Gasteiger partial charge on any atom is -0.482 e. The Morgan fingerprint density at radius 2 is 1.59 bits per heavy atom. The summed E-state index contributed by atoms with van der Waals surface area (Å²) in [5, 5.41) is 0. The smallest absolute Gasteiger partial charge is 0.344 e. The summed E-state index contributed by atoms with van der Waals surface area (Å²) in [6.45, 7) is 1.43. The highest BCUT2D eigenvalue weighted by Gasteiger charge is 2.16. The standard InChI is InChI=1S/C18H24O4/c1-14(19)15-9-11-16(12-10-15)21-13-18(20)22-17-7-5-3-2-4-6-8-17/h9-12,17H,2-8,13H2,1H3. The van der Waals surface area contributed by atoms with E-state index in [0.29, 0.717) is 11.3 Å². The molecule has 0 N–H and O–H groups in total. The van der Waals surface area contributed by atoms with Gasteiger partial charge >= 0.3 is 5.97 Å². The van der Waals surface area contributed by atoms with Crippen molar-refractivity contribution in [2.75, 3.05) is 6.61 Å². The molecule has 4 nitrogen and oxygen atoms in total. The zero-order chi connectivity index (χ0) is 15.8. The van der Waals surface area contributed by atoms with Crippen molar-refractivity contribution in [3.8, 4) is 5.75 Å². The molecule has 0 aromatic heterocycles. The van der Waals surface area contributed by atoms with Crippen molar-refractivity contribution in [2.24, 2.45) is 0 Å². The summed E-state index contributed by atoms with van der Waals surface area (Å²) >= 11 is 0. The Morgan fingerprint density at radius 3 is 2.18 bits per heavy atom. The fourth-order valence-electron chi connectivity index (χ4n) is 2.68. The van der Waals surface area contributed by atoms with Crippen LogP contribution in [0, 0.1) is 0 Å². The van der Waals surface area contributed by atoms with Crippen LogP contribution in [-0.2, 0) is 9.53 Å². The van der Waals surface area contributed by atoms with Gasteiger partial charge in [0.15, 0.2) is 12.4 Å². The molecule has 0 heterocycles. The number of ether oxygens (including phenoxy) is 2. The van der Waals surface area contributed by atoms with Crippen molar-refractivity contribution in [3.63, 3.8) is 0 Å². The maximum absolute atomic E-state index is 11.9. The number of Topliss-reactive ketones (excluding diaryl/α,β-unsaturated/α-hetero) is 1. The largest absolute Gasteiger partial charge is 0.482 e. The third-order valence-corrected chi connectivity index (χ3v) is 3.97. The van der Waals surface area contributed by atoms with Crippen LogP contribution in [0.15, 0.2) is 24.3 Å². The Morgan fingerprint density at radius 1 is 1.00 bits per heavy atom. The zero-order valence-electron chi connectivity index (χ0n) is 13.2. The molecule has 1 saturated carbocycles. The van der Waals surface area contributed by atoms with E-state index in [9.17, 15) is 9.59 Å². The lowest BCUT2D eigenvalue weighted by atomic mass is 9.99. The summed E-state index contributed by atoms with van der Waals surface area (Å²) in [7, 11) is 0. The van der Waals surface area contributed by atoms with Gasteiger partial charge in [-0.25, -0.2) is 4.79 Å². The molecule has 0 saturated heterocycles. The summed E-state index contributed by atoms with van der Waals surface area (Å²) in [6.07, 6.45) is 7.96. The number of rotatable bonds is 5. The Labute approximate surface area is 131 Å². The molecule has 1 aromatic rings. The van der Waals surface area contributed by atoms with Crippen LogP contribution in [0.3, 0.4) is 0 Å². The van der Waals surface area contributed by atoms with E-state index in [1.54, 1.807) is 24.3 Å². The molecular weight excluding hydrogens is 280 g/mol. The summed E-state index contributed by atoms with van der Waals surface area (Å²) in [4.78, 5) is 23.0. The van der Waals surface area contributed by atoms with Gasteiger partial charge in [-0.3, -0.25) is 4.79 Å². The lowest BCUT2D eigenvalue weighted by Gasteiger charge is -2.20. The Hall–Kier alpha value is -1.84. The van der Waals surface area contributed by atoms with Crippen LogP contribution >= 0.6 is 0 Å². The highest BCUT2D eigenvalue weighted by molar-refractivity contribution is 5.94. The van der Waals surface area contributed by atoms with Gasteiger partial charge in [-0.1, -0.05) is 19.3 Å². The van der Waals surface area contributed by atoms with Gasteiger partial charge in [-0.2, -0.15) is 0 Å². The van der Waals surface area contributed by atoms with Crippen LogP contribution in [0.25, 0.3) is 0 Å². The van der Waals surface area contributed by atoms with Gasteiger partial charge in [0.25, 0.3) is 0 Å². The van der Waals surface area contributed by atoms with Crippen LogP contribution in [0.4, 0.5) is 0 Å². The molecule has 0 unspecified atom stereocenters. The molecule has 0 aliphatic heterocycles. The number of esters is 1. The summed E-state index contributed by atoms with van der Waals surface area (Å²) in [5.74, 6) is 0.260. The molecule has 22 heavy (non-hydrogen) atoms. The van der Waals surface area contributed by atoms with Crippen molar-refractivity contribution in [1.82, 2.24) is 0 Å². The van der Waals surface area contributed by atoms with Gasteiger partial charge in [-0.15, -0.1) is 0 Å². The van der Waals surface area contributed by atoms with E-state index in [4.69, 9.17) is 9.47 Å². The van der Waals surface area contributed by atoms with E-state index >= 15 is 0 Å². The molecular formula is C18H24O4. The molecule has 2 rings (SSSR count). The van der Waals surface area contributed by atoms with E-state index in [-0.39, 0.29) is 24.5 Å². The minimum atomic E-state index is -0.318. The SMILES string of the molecule is CC(=O)c1ccc(OCC(=O)OC2CCCCCCC2)cc1. The van der Waals surface area contributed by atoms with Crippen LogP contribution in [0.5, 0.6) is 5.75 Å². The van der Waals surface area contributed by atoms with Crippen LogP contribution in [0.1, 0.15) is 62.2 Å². The highest BCUT2D eigenvalue weighted by atomic mass is 16.6. The van der Waals surface area contributed by atoms with E-state index in [1.165, 1.54) is 26.2 Å². The molecule has 0 bridgehead atoms. The second kappa shape index (κ2) is 8.57. The lowest BCUT2D eigenvalue weighted by molar-refractivity contribution is -0.152. The van der Waals surface area contributed by atoms with Crippen molar-refractivity contribution < 1.29 is 19.1 Å². The highest BCUT2D eigenvalue weighted by Crippen LogP contribution is 2.20. The predicted molar refractivity (Wildman–Crippen MR) is 84.1 cm³/mol. The molecule has 0 spiro atoms. The molecule has 1 aliphatic carbocycles. The Balaban J connectivity index is 1.75. The third kappa shape index (κ3) is 5.51. The molecule has 4 heteroatoms. The average Bonchev–Trinajstić information content (AvgIpc) is 2.48. The number of carbonyl (C=O) groups excluding carboxylic acids is 2. The predicted octanol–water partition coefficient (Wildman–Crippen LogP) is 3.92. The number of hydrogen-bond acceptors (Lipinski definition) is 4.